The number of fused-ring (bicyclic) bond motifs is 3. The van der Waals surface area contributed by atoms with E-state index in [2.05, 4.69) is 64.6 Å². The van der Waals surface area contributed by atoms with Gasteiger partial charge in [-0.2, -0.15) is 0 Å². The molecule has 2 aromatic carbocycles. The van der Waals surface area contributed by atoms with Crippen molar-refractivity contribution in [3.8, 4) is 17.0 Å². The number of aromatic hydroxyl groups is 1. The zero-order chi connectivity index (χ0) is 17.6. The molecule has 4 aromatic rings. The largest absolute Gasteiger partial charge is 0.506 e. The Labute approximate surface area is 152 Å². The minimum atomic E-state index is -2.54. The maximum atomic E-state index is 10.6. The molecule has 1 aliphatic rings. The zero-order valence-electron chi connectivity index (χ0n) is 14.0. The molecule has 0 fully saturated rings. The molecular weight excluding hydrogens is 336 g/mol. The number of hydrogen-bond donors (Lipinski definition) is 1. The van der Waals surface area contributed by atoms with E-state index in [1.807, 2.05) is 24.4 Å². The average molecular weight is 352 g/mol. The summed E-state index contributed by atoms with van der Waals surface area (Å²) in [5.74, 6) is 0.198. The quantitative estimate of drug-likeness (QED) is 0.490. The third-order valence-electron chi connectivity index (χ3n) is 5.19. The van der Waals surface area contributed by atoms with E-state index in [1.165, 1.54) is 21.8 Å². The number of benzene rings is 2. The van der Waals surface area contributed by atoms with Crippen molar-refractivity contribution in [2.75, 3.05) is 0 Å². The first-order chi connectivity index (χ1) is 12.8. The molecule has 0 amide bonds. The van der Waals surface area contributed by atoms with E-state index in [4.69, 9.17) is 0 Å². The topological polar surface area (TPSA) is 46.0 Å². The van der Waals surface area contributed by atoms with Crippen molar-refractivity contribution in [2.24, 2.45) is 0 Å². The maximum absolute atomic E-state index is 10.6. The van der Waals surface area contributed by atoms with Crippen LogP contribution >= 0.6 is 0 Å². The Morgan fingerprint density at radius 1 is 0.692 bits per heavy atom. The number of rotatable bonds is 2. The van der Waals surface area contributed by atoms with Crippen LogP contribution in [0, 0.1) is 0 Å². The van der Waals surface area contributed by atoms with Crippen LogP contribution in [0.5, 0.6) is 5.75 Å². The van der Waals surface area contributed by atoms with Gasteiger partial charge in [0, 0.05) is 18.0 Å². The van der Waals surface area contributed by atoms with Crippen molar-refractivity contribution in [2.45, 2.75) is 0 Å². The van der Waals surface area contributed by atoms with Crippen LogP contribution in [0.25, 0.3) is 11.3 Å². The first-order valence-electron chi connectivity index (χ1n) is 8.58. The van der Waals surface area contributed by atoms with E-state index in [0.717, 1.165) is 16.4 Å². The fraction of sp³-hybridized carbons (Fsp3) is 0. The Bertz CT molecular complexity index is 1060. The van der Waals surface area contributed by atoms with Crippen molar-refractivity contribution in [1.82, 2.24) is 9.97 Å². The zero-order valence-corrected chi connectivity index (χ0v) is 15.0. The fourth-order valence-corrected chi connectivity index (χ4v) is 9.23. The van der Waals surface area contributed by atoms with Gasteiger partial charge in [0.1, 0.15) is 5.75 Å². The van der Waals surface area contributed by atoms with Crippen LogP contribution in [0.15, 0.2) is 91.4 Å². The van der Waals surface area contributed by atoms with Gasteiger partial charge >= 0.3 is 0 Å². The number of aromatic nitrogens is 2. The van der Waals surface area contributed by atoms with Crippen molar-refractivity contribution in [3.05, 3.63) is 91.4 Å². The summed E-state index contributed by atoms with van der Waals surface area (Å²) in [6, 6.07) is 25.3. The second-order valence-electron chi connectivity index (χ2n) is 6.46. The van der Waals surface area contributed by atoms with Gasteiger partial charge in [-0.25, -0.2) is 0 Å². The summed E-state index contributed by atoms with van der Waals surface area (Å²) in [4.78, 5) is 9.00. The molecule has 2 aromatic heterocycles. The highest BCUT2D eigenvalue weighted by Crippen LogP contribution is 2.32. The van der Waals surface area contributed by atoms with Crippen LogP contribution in [0.2, 0.25) is 0 Å². The summed E-state index contributed by atoms with van der Waals surface area (Å²) in [5.41, 5.74) is 1.71. The minimum absolute atomic E-state index is 0.198. The van der Waals surface area contributed by atoms with Crippen LogP contribution in [-0.4, -0.2) is 23.1 Å². The molecule has 0 atom stereocenters. The van der Waals surface area contributed by atoms with Crippen molar-refractivity contribution >= 4 is 28.8 Å². The lowest BCUT2D eigenvalue weighted by molar-refractivity contribution is 0.475. The van der Waals surface area contributed by atoms with Gasteiger partial charge in [0.25, 0.3) is 0 Å². The monoisotopic (exact) mass is 352 g/mol. The van der Waals surface area contributed by atoms with E-state index in [1.54, 1.807) is 6.20 Å². The van der Waals surface area contributed by atoms with Gasteiger partial charge in [-0.15, -0.1) is 0 Å². The molecule has 3 heterocycles. The van der Waals surface area contributed by atoms with Gasteiger partial charge < -0.3 is 5.11 Å². The third kappa shape index (κ3) is 1.87. The number of hydrogen-bond acceptors (Lipinski definition) is 3. The Balaban J connectivity index is 2.00. The summed E-state index contributed by atoms with van der Waals surface area (Å²) in [6.07, 6.45) is 5.23. The first-order valence-corrected chi connectivity index (χ1v) is 10.6. The SMILES string of the molecule is Oc1cncc2c1-c1ncccc1[Si]2(c1ccccc1)c1ccccc1. The van der Waals surface area contributed by atoms with Gasteiger partial charge in [-0.3, -0.25) is 9.97 Å². The first kappa shape index (κ1) is 15.0. The molecule has 5 rings (SSSR count). The molecule has 1 N–H and O–H groups in total. The summed E-state index contributed by atoms with van der Waals surface area (Å²) >= 11 is 0. The molecule has 0 radical (unpaired) electrons. The van der Waals surface area contributed by atoms with Crippen molar-refractivity contribution in [3.63, 3.8) is 0 Å². The lowest BCUT2D eigenvalue weighted by Gasteiger charge is -2.30. The summed E-state index contributed by atoms with van der Waals surface area (Å²) in [5, 5.41) is 15.5. The van der Waals surface area contributed by atoms with Gasteiger partial charge in [-0.1, -0.05) is 66.7 Å². The van der Waals surface area contributed by atoms with E-state index in [9.17, 15) is 5.11 Å². The third-order valence-corrected chi connectivity index (χ3v) is 9.99. The molecular formula is C22H16N2OSi. The van der Waals surface area contributed by atoms with E-state index in [-0.39, 0.29) is 5.75 Å². The predicted molar refractivity (Wildman–Crippen MR) is 106 cm³/mol. The minimum Gasteiger partial charge on any atom is -0.506 e. The number of pyridine rings is 2. The molecule has 0 saturated carbocycles. The summed E-state index contributed by atoms with van der Waals surface area (Å²) < 4.78 is 0. The lowest BCUT2D eigenvalue weighted by atomic mass is 10.1. The summed E-state index contributed by atoms with van der Waals surface area (Å²) in [7, 11) is -2.54. The van der Waals surface area contributed by atoms with Crippen molar-refractivity contribution in [1.29, 1.82) is 0 Å². The molecule has 0 unspecified atom stereocenters. The average Bonchev–Trinajstić information content (AvgIpc) is 3.02. The van der Waals surface area contributed by atoms with Gasteiger partial charge in [0.15, 0.2) is 8.07 Å². The van der Waals surface area contributed by atoms with Gasteiger partial charge in [-0.05, 0) is 26.8 Å². The molecule has 0 spiro atoms. The molecule has 3 nitrogen and oxygen atoms in total. The van der Waals surface area contributed by atoms with E-state index >= 15 is 0 Å². The highest BCUT2D eigenvalue weighted by molar-refractivity contribution is 7.22. The maximum Gasteiger partial charge on any atom is 0.184 e. The Kier molecular flexibility index (Phi) is 3.27. The van der Waals surface area contributed by atoms with Crippen LogP contribution in [0.4, 0.5) is 0 Å². The fourth-order valence-electron chi connectivity index (χ4n) is 4.20. The smallest absolute Gasteiger partial charge is 0.184 e. The highest BCUT2D eigenvalue weighted by Gasteiger charge is 2.50. The second-order valence-corrected chi connectivity index (χ2v) is 10.2. The van der Waals surface area contributed by atoms with Gasteiger partial charge in [0.05, 0.1) is 11.9 Å². The summed E-state index contributed by atoms with van der Waals surface area (Å²) in [6.45, 7) is 0. The Morgan fingerprint density at radius 3 is 2.00 bits per heavy atom. The standard InChI is InChI=1S/C22H16N2OSi/c25-18-14-23-15-20-21(18)22-19(12-7-13-24-22)26(20,16-8-3-1-4-9-16)17-10-5-2-6-11-17/h1-15,25H. The Hall–Kier alpha value is -3.24. The van der Waals surface area contributed by atoms with Crippen LogP contribution in [0.1, 0.15) is 0 Å². The lowest BCUT2D eigenvalue weighted by Crippen LogP contribution is -2.72. The second kappa shape index (κ2) is 5.64. The molecule has 0 aliphatic carbocycles. The Morgan fingerprint density at radius 2 is 1.35 bits per heavy atom. The van der Waals surface area contributed by atoms with Crippen LogP contribution in [-0.2, 0) is 0 Å². The molecule has 4 heteroatoms. The van der Waals surface area contributed by atoms with Gasteiger partial charge in [0.2, 0.25) is 0 Å². The van der Waals surface area contributed by atoms with Crippen molar-refractivity contribution < 1.29 is 5.11 Å². The van der Waals surface area contributed by atoms with E-state index < -0.39 is 8.07 Å². The van der Waals surface area contributed by atoms with E-state index in [0.29, 0.717) is 0 Å². The molecule has 26 heavy (non-hydrogen) atoms. The van der Waals surface area contributed by atoms with Crippen LogP contribution < -0.4 is 20.7 Å². The highest BCUT2D eigenvalue weighted by atomic mass is 28.3. The number of nitrogens with zero attached hydrogens (tertiary/aromatic N) is 2. The van der Waals surface area contributed by atoms with Crippen LogP contribution in [0.3, 0.4) is 0 Å². The molecule has 0 saturated heterocycles. The molecule has 1 aliphatic heterocycles. The molecule has 0 bridgehead atoms. The predicted octanol–water partition coefficient (Wildman–Crippen LogP) is 1.54. The molecule has 124 valence electrons. The normalized spacial score (nSPS) is 13.8.